The summed E-state index contributed by atoms with van der Waals surface area (Å²) in [5.41, 5.74) is 4.67. The van der Waals surface area contributed by atoms with Gasteiger partial charge in [-0.1, -0.05) is 75.4 Å². The second-order valence-corrected chi connectivity index (χ2v) is 11.3. The fourth-order valence-corrected chi connectivity index (χ4v) is 6.79. The minimum Gasteiger partial charge on any atom is -0.0999 e. The van der Waals surface area contributed by atoms with Gasteiger partial charge in [0.1, 0.15) is 0 Å². The summed E-state index contributed by atoms with van der Waals surface area (Å²) in [5.74, 6) is 4.91. The molecule has 0 bridgehead atoms. The molecule has 0 heterocycles. The number of hydrogen-bond donors (Lipinski definition) is 0. The van der Waals surface area contributed by atoms with E-state index in [9.17, 15) is 0 Å². The molecule has 0 aromatic heterocycles. The summed E-state index contributed by atoms with van der Waals surface area (Å²) in [6.07, 6.45) is 22.7. The zero-order valence-corrected chi connectivity index (χ0v) is 19.7. The van der Waals surface area contributed by atoms with Gasteiger partial charge in [0.15, 0.2) is 0 Å². The maximum atomic E-state index is 4.19. The molecule has 0 nitrogen and oxygen atoms in total. The highest BCUT2D eigenvalue weighted by molar-refractivity contribution is 5.23. The third-order valence-electron chi connectivity index (χ3n) is 9.06. The van der Waals surface area contributed by atoms with E-state index in [1.165, 1.54) is 108 Å². The monoisotopic (exact) mass is 406 g/mol. The normalized spacial score (nSPS) is 31.0. The lowest BCUT2D eigenvalue weighted by Crippen LogP contribution is -2.20. The van der Waals surface area contributed by atoms with Crippen LogP contribution in [-0.4, -0.2) is 0 Å². The molecular weight excluding hydrogens is 360 g/mol. The first-order chi connectivity index (χ1) is 14.7. The Balaban J connectivity index is 1.16. The maximum absolute atomic E-state index is 4.19. The molecule has 0 radical (unpaired) electrons. The van der Waals surface area contributed by atoms with E-state index in [1.807, 2.05) is 0 Å². The smallest absolute Gasteiger partial charge is 0.0250 e. The van der Waals surface area contributed by atoms with Gasteiger partial charge < -0.3 is 0 Å². The average molecular weight is 407 g/mol. The maximum Gasteiger partial charge on any atom is -0.0250 e. The first-order valence-electron chi connectivity index (χ1n) is 13.4. The van der Waals surface area contributed by atoms with Crippen LogP contribution >= 0.6 is 0 Å². The lowest BCUT2D eigenvalue weighted by atomic mass is 9.73. The van der Waals surface area contributed by atoms with Crippen LogP contribution in [0.3, 0.4) is 0 Å². The molecule has 3 aliphatic rings. The van der Waals surface area contributed by atoms with Crippen LogP contribution in [0.25, 0.3) is 0 Å². The summed E-state index contributed by atoms with van der Waals surface area (Å²) >= 11 is 0. The van der Waals surface area contributed by atoms with Gasteiger partial charge in [-0.3, -0.25) is 0 Å². The van der Waals surface area contributed by atoms with Gasteiger partial charge in [0.25, 0.3) is 0 Å². The Kier molecular flexibility index (Phi) is 8.14. The van der Waals surface area contributed by atoms with Crippen LogP contribution in [0.15, 0.2) is 36.4 Å². The molecule has 0 unspecified atom stereocenters. The molecule has 4 rings (SSSR count). The number of hydrogen-bond acceptors (Lipinski definition) is 0. The molecule has 0 amide bonds. The summed E-state index contributed by atoms with van der Waals surface area (Å²) in [4.78, 5) is 0. The summed E-state index contributed by atoms with van der Waals surface area (Å²) in [5, 5.41) is 0. The Morgan fingerprint density at radius 1 is 0.600 bits per heavy atom. The summed E-state index contributed by atoms with van der Waals surface area (Å²) in [6.45, 7) is 6.55. The Labute approximate surface area is 186 Å². The number of benzene rings is 1. The van der Waals surface area contributed by atoms with Crippen LogP contribution in [-0.2, 0) is 12.8 Å². The van der Waals surface area contributed by atoms with Crippen LogP contribution in [0.5, 0.6) is 0 Å². The molecule has 0 atom stereocenters. The van der Waals surface area contributed by atoms with Crippen LogP contribution in [0.4, 0.5) is 0 Å². The lowest BCUT2D eigenvalue weighted by molar-refractivity contribution is 0.219. The van der Waals surface area contributed by atoms with Gasteiger partial charge in [-0.05, 0) is 111 Å². The van der Waals surface area contributed by atoms with Gasteiger partial charge >= 0.3 is 0 Å². The minimum absolute atomic E-state index is 0.933. The second kappa shape index (κ2) is 11.0. The molecule has 0 aliphatic heterocycles. The van der Waals surface area contributed by atoms with Crippen molar-refractivity contribution >= 4 is 0 Å². The van der Waals surface area contributed by atoms with Gasteiger partial charge in [0, 0.05) is 0 Å². The minimum atomic E-state index is 0.933. The highest BCUT2D eigenvalue weighted by atomic mass is 14.3. The second-order valence-electron chi connectivity index (χ2n) is 11.3. The molecule has 1 aromatic rings. The van der Waals surface area contributed by atoms with E-state index in [2.05, 4.69) is 37.8 Å². The molecule has 0 saturated heterocycles. The summed E-state index contributed by atoms with van der Waals surface area (Å²) < 4.78 is 0. The molecule has 3 saturated carbocycles. The van der Waals surface area contributed by atoms with E-state index < -0.39 is 0 Å². The third-order valence-corrected chi connectivity index (χ3v) is 9.06. The zero-order chi connectivity index (χ0) is 20.8. The van der Waals surface area contributed by atoms with E-state index in [4.69, 9.17) is 0 Å². The van der Waals surface area contributed by atoms with Crippen LogP contribution < -0.4 is 0 Å². The standard InChI is InChI=1S/C30H46/c1-3-24-8-10-26(11-9-24)21-28-16-18-30(19-17-28)22-29-14-12-27(13-15-29)20-25-6-4-23(2)5-7-25/h16-19,24-27,29H,2-15,20-22H2,1H3. The van der Waals surface area contributed by atoms with Gasteiger partial charge in [-0.15, -0.1) is 0 Å². The van der Waals surface area contributed by atoms with Gasteiger partial charge in [-0.2, -0.15) is 0 Å². The van der Waals surface area contributed by atoms with Gasteiger partial charge in [0.2, 0.25) is 0 Å². The molecule has 0 N–H and O–H groups in total. The largest absolute Gasteiger partial charge is 0.0999 e. The summed E-state index contributed by atoms with van der Waals surface area (Å²) in [7, 11) is 0. The van der Waals surface area contributed by atoms with Crippen molar-refractivity contribution in [3.63, 3.8) is 0 Å². The highest BCUT2D eigenvalue weighted by Gasteiger charge is 2.25. The Hall–Kier alpha value is -1.04. The lowest BCUT2D eigenvalue weighted by Gasteiger charge is -2.32. The molecule has 166 valence electrons. The predicted molar refractivity (Wildman–Crippen MR) is 131 cm³/mol. The van der Waals surface area contributed by atoms with E-state index in [-0.39, 0.29) is 0 Å². The van der Waals surface area contributed by atoms with E-state index in [0.29, 0.717) is 0 Å². The van der Waals surface area contributed by atoms with Crippen molar-refractivity contribution in [3.8, 4) is 0 Å². The van der Waals surface area contributed by atoms with Crippen molar-refractivity contribution in [1.82, 2.24) is 0 Å². The molecule has 3 fully saturated rings. The van der Waals surface area contributed by atoms with Crippen molar-refractivity contribution < 1.29 is 0 Å². The first-order valence-corrected chi connectivity index (χ1v) is 13.4. The first kappa shape index (κ1) is 22.2. The fourth-order valence-electron chi connectivity index (χ4n) is 6.79. The molecule has 0 heteroatoms. The van der Waals surface area contributed by atoms with Gasteiger partial charge in [0.05, 0.1) is 0 Å². The van der Waals surface area contributed by atoms with Crippen LogP contribution in [0, 0.1) is 29.6 Å². The zero-order valence-electron chi connectivity index (χ0n) is 19.7. The molecule has 3 aliphatic carbocycles. The Morgan fingerprint density at radius 2 is 1.00 bits per heavy atom. The van der Waals surface area contributed by atoms with Crippen molar-refractivity contribution in [2.45, 2.75) is 110 Å². The van der Waals surface area contributed by atoms with Crippen molar-refractivity contribution in [2.24, 2.45) is 29.6 Å². The van der Waals surface area contributed by atoms with E-state index in [0.717, 1.165) is 29.6 Å². The van der Waals surface area contributed by atoms with Crippen molar-refractivity contribution in [3.05, 3.63) is 47.5 Å². The predicted octanol–water partition coefficient (Wildman–Crippen LogP) is 8.93. The molecular formula is C30H46. The van der Waals surface area contributed by atoms with Crippen LogP contribution in [0.1, 0.15) is 108 Å². The summed E-state index contributed by atoms with van der Waals surface area (Å²) in [6, 6.07) is 9.80. The Morgan fingerprint density at radius 3 is 1.47 bits per heavy atom. The molecule has 0 spiro atoms. The van der Waals surface area contributed by atoms with Crippen molar-refractivity contribution in [1.29, 1.82) is 0 Å². The Bertz CT molecular complexity index is 627. The number of allylic oxidation sites excluding steroid dienone is 1. The average Bonchev–Trinajstić information content (AvgIpc) is 2.78. The quantitative estimate of drug-likeness (QED) is 0.396. The van der Waals surface area contributed by atoms with E-state index >= 15 is 0 Å². The van der Waals surface area contributed by atoms with Gasteiger partial charge in [-0.25, -0.2) is 0 Å². The topological polar surface area (TPSA) is 0 Å². The molecule has 30 heavy (non-hydrogen) atoms. The number of rotatable bonds is 7. The molecule has 1 aromatic carbocycles. The van der Waals surface area contributed by atoms with Crippen LogP contribution in [0.2, 0.25) is 0 Å². The third kappa shape index (κ3) is 6.48. The highest BCUT2D eigenvalue weighted by Crippen LogP contribution is 2.39. The van der Waals surface area contributed by atoms with E-state index in [1.54, 1.807) is 11.1 Å². The SMILES string of the molecule is C=C1CCC(CC2CCC(Cc3ccc(CC4CCC(CC)CC4)cc3)CC2)CC1. The van der Waals surface area contributed by atoms with Crippen molar-refractivity contribution in [2.75, 3.05) is 0 Å². The fraction of sp³-hybridized carbons (Fsp3) is 0.733.